The summed E-state index contributed by atoms with van der Waals surface area (Å²) >= 11 is 1.58. The summed E-state index contributed by atoms with van der Waals surface area (Å²) < 4.78 is 2.01. The van der Waals surface area contributed by atoms with Crippen molar-refractivity contribution < 1.29 is 9.59 Å². The molecule has 2 aromatic rings. The van der Waals surface area contributed by atoms with Crippen LogP contribution in [0.2, 0.25) is 0 Å². The Morgan fingerprint density at radius 1 is 1.57 bits per heavy atom. The highest BCUT2D eigenvalue weighted by Gasteiger charge is 2.29. The predicted octanol–water partition coefficient (Wildman–Crippen LogP) is 1.33. The maximum absolute atomic E-state index is 12.1. The molecule has 1 aliphatic rings. The Balaban J connectivity index is 1.61. The second kappa shape index (κ2) is 5.48. The fourth-order valence-corrected chi connectivity index (χ4v) is 3.44. The Morgan fingerprint density at radius 2 is 2.38 bits per heavy atom. The topological polar surface area (TPSA) is 66.7 Å². The third kappa shape index (κ3) is 2.65. The van der Waals surface area contributed by atoms with E-state index < -0.39 is 6.04 Å². The summed E-state index contributed by atoms with van der Waals surface area (Å²) in [6.07, 6.45) is 3.33. The van der Waals surface area contributed by atoms with Crippen LogP contribution in [-0.4, -0.2) is 38.7 Å². The zero-order chi connectivity index (χ0) is 15.0. The normalized spacial score (nSPS) is 16.7. The van der Waals surface area contributed by atoms with Crippen molar-refractivity contribution >= 4 is 28.1 Å². The fraction of sp³-hybridized carbons (Fsp3) is 0.500. The van der Waals surface area contributed by atoms with Crippen LogP contribution >= 0.6 is 11.3 Å². The molecule has 1 atom stereocenters. The quantitative estimate of drug-likeness (QED) is 0.926. The molecular weight excluding hydrogens is 288 g/mol. The molecule has 0 bridgehead atoms. The minimum Gasteiger partial charge on any atom is -0.349 e. The first-order valence-electron chi connectivity index (χ1n) is 7.05. The number of hydrogen-bond donors (Lipinski definition) is 1. The molecule has 2 amide bonds. The van der Waals surface area contributed by atoms with Gasteiger partial charge in [-0.05, 0) is 20.3 Å². The molecule has 0 radical (unpaired) electrons. The van der Waals surface area contributed by atoms with Gasteiger partial charge in [0.05, 0.1) is 12.2 Å². The number of carbonyl (C=O) groups excluding carboxylic acids is 2. The van der Waals surface area contributed by atoms with E-state index in [1.54, 1.807) is 23.2 Å². The summed E-state index contributed by atoms with van der Waals surface area (Å²) in [7, 11) is 0. The number of hydrogen-bond acceptors (Lipinski definition) is 4. The van der Waals surface area contributed by atoms with Crippen LogP contribution in [0, 0.1) is 6.92 Å². The van der Waals surface area contributed by atoms with Crippen molar-refractivity contribution in [1.29, 1.82) is 0 Å². The summed E-state index contributed by atoms with van der Waals surface area (Å²) in [6, 6.07) is -0.412. The molecule has 1 saturated heterocycles. The molecule has 0 spiro atoms. The molecule has 112 valence electrons. The number of fused-ring (bicyclic) bond motifs is 1. The molecule has 1 aliphatic heterocycles. The van der Waals surface area contributed by atoms with Crippen molar-refractivity contribution in [1.82, 2.24) is 19.6 Å². The van der Waals surface area contributed by atoms with E-state index in [4.69, 9.17) is 0 Å². The SMILES string of the molecule is Cc1csc2nc(CNC(=O)C(C)N3CCCC3=O)cn12. The molecule has 0 aliphatic carbocycles. The zero-order valence-electron chi connectivity index (χ0n) is 12.1. The lowest BCUT2D eigenvalue weighted by atomic mass is 10.2. The number of likely N-dealkylation sites (tertiary alicyclic amines) is 1. The summed E-state index contributed by atoms with van der Waals surface area (Å²) in [6.45, 7) is 4.86. The lowest BCUT2D eigenvalue weighted by molar-refractivity contribution is -0.136. The number of amides is 2. The van der Waals surface area contributed by atoms with E-state index >= 15 is 0 Å². The van der Waals surface area contributed by atoms with E-state index in [1.165, 1.54) is 0 Å². The molecule has 3 rings (SSSR count). The molecule has 1 unspecified atom stereocenters. The predicted molar refractivity (Wildman–Crippen MR) is 80.1 cm³/mol. The maximum atomic E-state index is 12.1. The van der Waals surface area contributed by atoms with Crippen LogP contribution in [0.4, 0.5) is 0 Å². The monoisotopic (exact) mass is 306 g/mol. The maximum Gasteiger partial charge on any atom is 0.242 e. The highest BCUT2D eigenvalue weighted by Crippen LogP contribution is 2.16. The number of thiazole rings is 1. The van der Waals surface area contributed by atoms with Gasteiger partial charge in [0.15, 0.2) is 4.96 Å². The van der Waals surface area contributed by atoms with Crippen molar-refractivity contribution in [3.8, 4) is 0 Å². The second-order valence-electron chi connectivity index (χ2n) is 5.35. The second-order valence-corrected chi connectivity index (χ2v) is 6.18. The van der Waals surface area contributed by atoms with Gasteiger partial charge in [0.25, 0.3) is 0 Å². The van der Waals surface area contributed by atoms with Crippen molar-refractivity contribution in [3.05, 3.63) is 23.0 Å². The first kappa shape index (κ1) is 14.1. The van der Waals surface area contributed by atoms with E-state index in [9.17, 15) is 9.59 Å². The fourth-order valence-electron chi connectivity index (χ4n) is 2.57. The first-order valence-corrected chi connectivity index (χ1v) is 7.93. The van der Waals surface area contributed by atoms with Crippen LogP contribution in [-0.2, 0) is 16.1 Å². The molecule has 3 heterocycles. The summed E-state index contributed by atoms with van der Waals surface area (Å²) in [5.41, 5.74) is 1.97. The van der Waals surface area contributed by atoms with Crippen molar-refractivity contribution in [2.45, 2.75) is 39.3 Å². The molecule has 0 saturated carbocycles. The van der Waals surface area contributed by atoms with Gasteiger partial charge in [-0.3, -0.25) is 14.0 Å². The average molecular weight is 306 g/mol. The molecule has 1 N–H and O–H groups in total. The zero-order valence-corrected chi connectivity index (χ0v) is 12.9. The van der Waals surface area contributed by atoms with Gasteiger partial charge in [0.1, 0.15) is 6.04 Å². The number of nitrogens with zero attached hydrogens (tertiary/aromatic N) is 3. The molecular formula is C14H18N4O2S. The average Bonchev–Trinajstić information content (AvgIpc) is 3.14. The molecule has 6 nitrogen and oxygen atoms in total. The third-order valence-corrected chi connectivity index (χ3v) is 4.80. The van der Waals surface area contributed by atoms with E-state index in [0.29, 0.717) is 19.5 Å². The van der Waals surface area contributed by atoms with Gasteiger partial charge < -0.3 is 10.2 Å². The lowest BCUT2D eigenvalue weighted by Gasteiger charge is -2.23. The number of aromatic nitrogens is 2. The summed E-state index contributed by atoms with van der Waals surface area (Å²) in [4.78, 5) is 30.8. The number of imidazole rings is 1. The molecule has 2 aromatic heterocycles. The molecule has 0 aromatic carbocycles. The standard InChI is InChI=1S/C14H18N4O2S/c1-9-8-21-14-16-11(7-18(9)14)6-15-13(20)10(2)17-5-3-4-12(17)19/h7-8,10H,3-6H2,1-2H3,(H,15,20). The van der Waals surface area contributed by atoms with Crippen LogP contribution in [0.25, 0.3) is 4.96 Å². The van der Waals surface area contributed by atoms with E-state index in [2.05, 4.69) is 10.3 Å². The van der Waals surface area contributed by atoms with Gasteiger partial charge in [-0.1, -0.05) is 0 Å². The minimum absolute atomic E-state index is 0.0655. The van der Waals surface area contributed by atoms with E-state index in [-0.39, 0.29) is 11.8 Å². The van der Waals surface area contributed by atoms with Crippen LogP contribution in [0.1, 0.15) is 31.2 Å². The number of nitrogens with one attached hydrogen (secondary N) is 1. The minimum atomic E-state index is -0.412. The Kier molecular flexibility index (Phi) is 3.67. The Labute approximate surface area is 126 Å². The Hall–Kier alpha value is -1.89. The number of rotatable bonds is 4. The highest BCUT2D eigenvalue weighted by molar-refractivity contribution is 7.15. The summed E-state index contributed by atoms with van der Waals surface area (Å²) in [5.74, 6) is -0.0610. The Bertz CT molecular complexity index is 690. The van der Waals surface area contributed by atoms with Crippen LogP contribution < -0.4 is 5.32 Å². The van der Waals surface area contributed by atoms with Gasteiger partial charge >= 0.3 is 0 Å². The van der Waals surface area contributed by atoms with E-state index in [0.717, 1.165) is 22.8 Å². The van der Waals surface area contributed by atoms with Crippen LogP contribution in [0.5, 0.6) is 0 Å². The van der Waals surface area contributed by atoms with Crippen molar-refractivity contribution in [3.63, 3.8) is 0 Å². The van der Waals surface area contributed by atoms with Crippen molar-refractivity contribution in [2.75, 3.05) is 6.54 Å². The Morgan fingerprint density at radius 3 is 3.05 bits per heavy atom. The third-order valence-electron chi connectivity index (χ3n) is 3.84. The molecule has 7 heteroatoms. The summed E-state index contributed by atoms with van der Waals surface area (Å²) in [5, 5.41) is 4.91. The van der Waals surface area contributed by atoms with Gasteiger partial charge in [0, 0.05) is 30.2 Å². The molecule has 21 heavy (non-hydrogen) atoms. The van der Waals surface area contributed by atoms with Crippen LogP contribution in [0.15, 0.2) is 11.6 Å². The van der Waals surface area contributed by atoms with Gasteiger partial charge in [0.2, 0.25) is 11.8 Å². The van der Waals surface area contributed by atoms with Gasteiger partial charge in [-0.2, -0.15) is 0 Å². The first-order chi connectivity index (χ1) is 10.1. The van der Waals surface area contributed by atoms with Gasteiger partial charge in [-0.25, -0.2) is 4.98 Å². The van der Waals surface area contributed by atoms with Crippen molar-refractivity contribution in [2.24, 2.45) is 0 Å². The number of carbonyl (C=O) groups is 2. The lowest BCUT2D eigenvalue weighted by Crippen LogP contribution is -2.45. The molecule has 1 fully saturated rings. The van der Waals surface area contributed by atoms with Gasteiger partial charge in [-0.15, -0.1) is 11.3 Å². The largest absolute Gasteiger partial charge is 0.349 e. The van der Waals surface area contributed by atoms with E-state index in [1.807, 2.05) is 22.9 Å². The smallest absolute Gasteiger partial charge is 0.242 e. The highest BCUT2D eigenvalue weighted by atomic mass is 32.1. The van der Waals surface area contributed by atoms with Crippen LogP contribution in [0.3, 0.4) is 0 Å². The number of aryl methyl sites for hydroxylation is 1.